The number of para-hydroxylation sites is 2. The number of nitrogens with zero attached hydrogens (tertiary/aromatic N) is 7. The molecule has 0 bridgehead atoms. The average molecular weight is 737 g/mol. The van der Waals surface area contributed by atoms with Crippen molar-refractivity contribution >= 4 is 55.4 Å². The van der Waals surface area contributed by atoms with Crippen LogP contribution in [-0.4, -0.2) is 35.9 Å². The fraction of sp³-hybridized carbons (Fsp3) is 0.0408. The Morgan fingerprint density at radius 2 is 1.00 bits per heavy atom. The van der Waals surface area contributed by atoms with Gasteiger partial charge in [-0.2, -0.15) is 15.0 Å². The molecule has 0 fully saturated rings. The normalized spacial score (nSPS) is 12.9. The van der Waals surface area contributed by atoms with E-state index >= 15 is 0 Å². The molecule has 0 radical (unpaired) electrons. The molecule has 272 valence electrons. The van der Waals surface area contributed by atoms with Crippen molar-refractivity contribution in [3.05, 3.63) is 193 Å². The minimum atomic E-state index is -0.197. The third kappa shape index (κ3) is 6.10. The first-order chi connectivity index (χ1) is 28.1. The van der Waals surface area contributed by atoms with Gasteiger partial charge in [0.2, 0.25) is 11.9 Å². The van der Waals surface area contributed by atoms with Crippen LogP contribution in [0.25, 0.3) is 72.3 Å². The topological polar surface area (TPSA) is 99.3 Å². The Morgan fingerprint density at radius 1 is 0.509 bits per heavy atom. The Bertz CT molecular complexity index is 3070. The van der Waals surface area contributed by atoms with E-state index in [9.17, 15) is 0 Å². The molecule has 10 rings (SSSR count). The van der Waals surface area contributed by atoms with Crippen molar-refractivity contribution in [3.63, 3.8) is 0 Å². The van der Waals surface area contributed by atoms with E-state index in [0.29, 0.717) is 29.4 Å². The number of hydrogen-bond acceptors (Lipinski definition) is 4. The third-order valence-corrected chi connectivity index (χ3v) is 10.4. The van der Waals surface area contributed by atoms with Crippen LogP contribution in [0.3, 0.4) is 0 Å². The lowest BCUT2D eigenvalue weighted by Gasteiger charge is -2.13. The first kappa shape index (κ1) is 33.8. The third-order valence-electron chi connectivity index (χ3n) is 10.4. The first-order valence-corrected chi connectivity index (χ1v) is 19.0. The van der Waals surface area contributed by atoms with Crippen molar-refractivity contribution in [3.8, 4) is 28.7 Å². The number of benzene rings is 7. The minimum Gasteiger partial charge on any atom is -0.383 e. The fourth-order valence-corrected chi connectivity index (χ4v) is 7.66. The Morgan fingerprint density at radius 3 is 1.63 bits per heavy atom. The van der Waals surface area contributed by atoms with Crippen molar-refractivity contribution < 1.29 is 0 Å². The maximum absolute atomic E-state index is 6.78. The minimum absolute atomic E-state index is 0.197. The van der Waals surface area contributed by atoms with Gasteiger partial charge in [0.05, 0.1) is 28.1 Å². The largest absolute Gasteiger partial charge is 0.383 e. The molecule has 57 heavy (non-hydrogen) atoms. The molecule has 3 heterocycles. The van der Waals surface area contributed by atoms with Crippen LogP contribution >= 0.6 is 0 Å². The van der Waals surface area contributed by atoms with Crippen LogP contribution in [-0.2, 0) is 0 Å². The quantitative estimate of drug-likeness (QED) is 0.136. The van der Waals surface area contributed by atoms with Crippen LogP contribution in [0.5, 0.6) is 0 Å². The highest BCUT2D eigenvalue weighted by Gasteiger charge is 2.22. The smallest absolute Gasteiger partial charge is 0.238 e. The molecule has 0 amide bonds. The van der Waals surface area contributed by atoms with Gasteiger partial charge < -0.3 is 5.73 Å². The predicted molar refractivity (Wildman–Crippen MR) is 233 cm³/mol. The molecule has 0 spiro atoms. The molecule has 1 atom stereocenters. The van der Waals surface area contributed by atoms with Crippen molar-refractivity contribution in [2.75, 3.05) is 0 Å². The van der Waals surface area contributed by atoms with Gasteiger partial charge >= 0.3 is 0 Å². The summed E-state index contributed by atoms with van der Waals surface area (Å²) in [7, 11) is 0. The second-order valence-electron chi connectivity index (χ2n) is 14.0. The Kier molecular flexibility index (Phi) is 8.41. The second-order valence-corrected chi connectivity index (χ2v) is 14.0. The molecule has 8 heteroatoms. The van der Waals surface area contributed by atoms with Crippen LogP contribution in [0.1, 0.15) is 24.1 Å². The van der Waals surface area contributed by atoms with E-state index in [1.165, 1.54) is 0 Å². The monoisotopic (exact) mass is 736 g/mol. The summed E-state index contributed by atoms with van der Waals surface area (Å²) in [6.07, 6.45) is 0. The molecule has 7 aromatic carbocycles. The number of aromatic nitrogens is 5. The van der Waals surface area contributed by atoms with Gasteiger partial charge in [-0.15, -0.1) is 0 Å². The van der Waals surface area contributed by atoms with Crippen molar-refractivity contribution in [2.45, 2.75) is 13.0 Å². The summed E-state index contributed by atoms with van der Waals surface area (Å²) in [4.78, 5) is 25.7. The van der Waals surface area contributed by atoms with Crippen LogP contribution in [0.2, 0.25) is 0 Å². The van der Waals surface area contributed by atoms with Gasteiger partial charge in [-0.05, 0) is 36.8 Å². The lowest BCUT2D eigenvalue weighted by molar-refractivity contribution is 0.810. The van der Waals surface area contributed by atoms with Crippen molar-refractivity contribution in [1.29, 1.82) is 0 Å². The number of fused-ring (bicyclic) bond motifs is 6. The lowest BCUT2D eigenvalue weighted by Crippen LogP contribution is -2.20. The van der Waals surface area contributed by atoms with Gasteiger partial charge in [0.1, 0.15) is 5.84 Å². The average Bonchev–Trinajstić information content (AvgIpc) is 3.78. The summed E-state index contributed by atoms with van der Waals surface area (Å²) in [5.74, 6) is 2.63. The highest BCUT2D eigenvalue weighted by molar-refractivity contribution is 6.21. The van der Waals surface area contributed by atoms with Gasteiger partial charge in [-0.1, -0.05) is 158 Å². The SMILES string of the molecule is CC(N=C(N=C(N)c1ccccc1)n1c2ccccc2c2cc3c(cc21)c1ccccc1n3-c1nc(-c2ccccc2)nc(-c2ccccc2)n1)c1ccccc1. The Labute approximate surface area is 329 Å². The summed E-state index contributed by atoms with van der Waals surface area (Å²) in [6, 6.07) is 61.3. The molecule has 2 N–H and O–H groups in total. The summed E-state index contributed by atoms with van der Waals surface area (Å²) >= 11 is 0. The van der Waals surface area contributed by atoms with Crippen LogP contribution in [0, 0.1) is 0 Å². The van der Waals surface area contributed by atoms with Gasteiger partial charge in [0.15, 0.2) is 11.6 Å². The zero-order chi connectivity index (χ0) is 38.3. The zero-order valence-electron chi connectivity index (χ0n) is 31.1. The molecule has 3 aromatic heterocycles. The highest BCUT2D eigenvalue weighted by Crippen LogP contribution is 2.39. The number of rotatable bonds is 6. The number of amidine groups is 1. The molecule has 0 saturated heterocycles. The molecule has 0 aliphatic rings. The van der Waals surface area contributed by atoms with Crippen molar-refractivity contribution in [2.24, 2.45) is 15.7 Å². The maximum Gasteiger partial charge on any atom is 0.238 e. The number of hydrogen-bond donors (Lipinski definition) is 1. The summed E-state index contributed by atoms with van der Waals surface area (Å²) in [5, 5.41) is 4.21. The summed E-state index contributed by atoms with van der Waals surface area (Å²) < 4.78 is 4.31. The van der Waals surface area contributed by atoms with E-state index in [0.717, 1.165) is 65.9 Å². The molecule has 10 aromatic rings. The predicted octanol–water partition coefficient (Wildman–Crippen LogP) is 10.8. The zero-order valence-corrected chi connectivity index (χ0v) is 31.1. The Hall–Kier alpha value is -7.71. The first-order valence-electron chi connectivity index (χ1n) is 19.0. The molecule has 0 aliphatic carbocycles. The maximum atomic E-state index is 6.78. The van der Waals surface area contributed by atoms with E-state index in [4.69, 9.17) is 30.7 Å². The van der Waals surface area contributed by atoms with E-state index in [1.54, 1.807) is 0 Å². The van der Waals surface area contributed by atoms with Crippen LogP contribution < -0.4 is 5.73 Å². The molecule has 8 nitrogen and oxygen atoms in total. The van der Waals surface area contributed by atoms with Gasteiger partial charge in [0.25, 0.3) is 0 Å². The molecule has 0 saturated carbocycles. The van der Waals surface area contributed by atoms with E-state index in [-0.39, 0.29) is 6.04 Å². The van der Waals surface area contributed by atoms with Crippen molar-refractivity contribution in [1.82, 2.24) is 24.1 Å². The Balaban J connectivity index is 1.26. The number of aliphatic imine (C=N–C) groups is 2. The summed E-state index contributed by atoms with van der Waals surface area (Å²) in [6.45, 7) is 2.09. The molecular weight excluding hydrogens is 701 g/mol. The lowest BCUT2D eigenvalue weighted by atomic mass is 10.1. The molecule has 0 aliphatic heterocycles. The summed E-state index contributed by atoms with van der Waals surface area (Å²) in [5.41, 5.74) is 14.4. The van der Waals surface area contributed by atoms with Gasteiger partial charge in [-0.25, -0.2) is 9.98 Å². The van der Waals surface area contributed by atoms with Crippen LogP contribution in [0.4, 0.5) is 0 Å². The number of nitrogens with two attached hydrogens (primary N) is 1. The highest BCUT2D eigenvalue weighted by atomic mass is 15.2. The van der Waals surface area contributed by atoms with E-state index < -0.39 is 0 Å². The van der Waals surface area contributed by atoms with Crippen LogP contribution in [0.15, 0.2) is 192 Å². The standard InChI is InChI=1S/C49H36N8/c1-32(33-18-6-2-7-19-33)51-48(52-45(50)34-20-8-3-9-21-34)56-41-28-16-14-26-37(41)39-31-44-40(30-43(39)56)38-27-15-17-29-42(38)57(44)49-54-46(35-22-10-4-11-23-35)53-47(55-49)36-24-12-5-13-25-36/h2-32H,1H3,(H2,50,51,52). The van der Waals surface area contributed by atoms with E-state index in [2.05, 4.69) is 88.9 Å². The molecule has 1 unspecified atom stereocenters. The van der Waals surface area contributed by atoms with Gasteiger partial charge in [-0.3, -0.25) is 9.13 Å². The van der Waals surface area contributed by atoms with Gasteiger partial charge in [0, 0.05) is 38.2 Å². The van der Waals surface area contributed by atoms with E-state index in [1.807, 2.05) is 109 Å². The molecular formula is C49H36N8. The second kappa shape index (κ2) is 14.2. The fourth-order valence-electron chi connectivity index (χ4n) is 7.66.